The number of rotatable bonds is 3. The molecule has 0 spiro atoms. The molecule has 0 fully saturated rings. The van der Waals surface area contributed by atoms with Crippen LogP contribution in [-0.2, 0) is 0 Å². The van der Waals surface area contributed by atoms with E-state index < -0.39 is 0 Å². The predicted octanol–water partition coefficient (Wildman–Crippen LogP) is 5.99. The van der Waals surface area contributed by atoms with Crippen LogP contribution in [0.2, 0.25) is 5.02 Å². The van der Waals surface area contributed by atoms with Crippen molar-refractivity contribution < 1.29 is 4.74 Å². The van der Waals surface area contributed by atoms with Crippen LogP contribution in [0.1, 0.15) is 16.0 Å². The van der Waals surface area contributed by atoms with Crippen molar-refractivity contribution in [1.82, 2.24) is 0 Å². The first kappa shape index (κ1) is 14.4. The van der Waals surface area contributed by atoms with Gasteiger partial charge >= 0.3 is 0 Å². The SMILES string of the molecule is COc1ccc(Cl)cc1C(Br)c1cccc2ccccc12. The van der Waals surface area contributed by atoms with Gasteiger partial charge in [0.25, 0.3) is 0 Å². The number of alkyl halides is 1. The highest BCUT2D eigenvalue weighted by Gasteiger charge is 2.17. The number of ether oxygens (including phenoxy) is 1. The Kier molecular flexibility index (Phi) is 4.18. The summed E-state index contributed by atoms with van der Waals surface area (Å²) >= 11 is 9.95. The monoisotopic (exact) mass is 360 g/mol. The molecule has 1 unspecified atom stereocenters. The average Bonchev–Trinajstić information content (AvgIpc) is 2.53. The van der Waals surface area contributed by atoms with E-state index in [1.807, 2.05) is 18.2 Å². The molecule has 3 heteroatoms. The maximum absolute atomic E-state index is 6.15. The molecule has 0 saturated heterocycles. The summed E-state index contributed by atoms with van der Waals surface area (Å²) in [7, 11) is 1.68. The molecule has 3 rings (SSSR count). The highest BCUT2D eigenvalue weighted by Crippen LogP contribution is 2.40. The highest BCUT2D eigenvalue weighted by molar-refractivity contribution is 9.09. The summed E-state index contributed by atoms with van der Waals surface area (Å²) in [6.07, 6.45) is 0. The molecule has 0 aliphatic rings. The molecule has 0 bridgehead atoms. The summed E-state index contributed by atoms with van der Waals surface area (Å²) < 4.78 is 5.47. The van der Waals surface area contributed by atoms with Crippen LogP contribution < -0.4 is 4.74 Å². The van der Waals surface area contributed by atoms with E-state index in [4.69, 9.17) is 16.3 Å². The third-order valence-corrected chi connectivity index (χ3v) is 4.78. The second-order valence-electron chi connectivity index (χ2n) is 4.82. The molecule has 0 aliphatic carbocycles. The molecule has 21 heavy (non-hydrogen) atoms. The van der Waals surface area contributed by atoms with Crippen LogP contribution in [0, 0.1) is 0 Å². The lowest BCUT2D eigenvalue weighted by Gasteiger charge is -2.17. The number of hydrogen-bond acceptors (Lipinski definition) is 1. The lowest BCUT2D eigenvalue weighted by Crippen LogP contribution is -1.98. The van der Waals surface area contributed by atoms with Gasteiger partial charge in [-0.2, -0.15) is 0 Å². The largest absolute Gasteiger partial charge is 0.496 e. The molecule has 0 N–H and O–H groups in total. The van der Waals surface area contributed by atoms with Crippen molar-refractivity contribution in [3.63, 3.8) is 0 Å². The van der Waals surface area contributed by atoms with Gasteiger partial charge in [0.1, 0.15) is 5.75 Å². The molecule has 0 amide bonds. The fourth-order valence-corrected chi connectivity index (χ4v) is 3.48. The van der Waals surface area contributed by atoms with E-state index in [-0.39, 0.29) is 4.83 Å². The van der Waals surface area contributed by atoms with Gasteiger partial charge in [0.15, 0.2) is 0 Å². The van der Waals surface area contributed by atoms with Gasteiger partial charge in [-0.1, -0.05) is 70.0 Å². The third-order valence-electron chi connectivity index (χ3n) is 3.56. The molecule has 106 valence electrons. The quantitative estimate of drug-likeness (QED) is 0.521. The van der Waals surface area contributed by atoms with Crippen molar-refractivity contribution in [3.05, 3.63) is 76.8 Å². The van der Waals surface area contributed by atoms with Gasteiger partial charge in [-0.3, -0.25) is 0 Å². The van der Waals surface area contributed by atoms with Gasteiger partial charge in [-0.25, -0.2) is 0 Å². The first-order chi connectivity index (χ1) is 10.2. The topological polar surface area (TPSA) is 9.23 Å². The van der Waals surface area contributed by atoms with Gasteiger partial charge in [0.05, 0.1) is 11.9 Å². The second-order valence-corrected chi connectivity index (χ2v) is 6.17. The molecule has 0 aromatic heterocycles. The molecule has 0 aliphatic heterocycles. The summed E-state index contributed by atoms with van der Waals surface area (Å²) in [4.78, 5) is 0.0252. The lowest BCUT2D eigenvalue weighted by molar-refractivity contribution is 0.410. The molecule has 0 radical (unpaired) electrons. The van der Waals surface area contributed by atoms with Gasteiger partial charge in [0, 0.05) is 10.6 Å². The van der Waals surface area contributed by atoms with Crippen molar-refractivity contribution >= 4 is 38.3 Å². The molecule has 3 aromatic carbocycles. The van der Waals surface area contributed by atoms with Crippen LogP contribution in [0.25, 0.3) is 10.8 Å². The van der Waals surface area contributed by atoms with E-state index in [9.17, 15) is 0 Å². The van der Waals surface area contributed by atoms with E-state index in [0.717, 1.165) is 11.3 Å². The van der Waals surface area contributed by atoms with E-state index in [2.05, 4.69) is 58.4 Å². The van der Waals surface area contributed by atoms with Crippen LogP contribution in [0.3, 0.4) is 0 Å². The summed E-state index contributed by atoms with van der Waals surface area (Å²) in [6.45, 7) is 0. The number of fused-ring (bicyclic) bond motifs is 1. The standard InChI is InChI=1S/C18H14BrClO/c1-21-17-10-9-13(20)11-16(17)18(19)15-8-4-6-12-5-2-3-7-14(12)15/h2-11,18H,1H3. The minimum Gasteiger partial charge on any atom is -0.496 e. The summed E-state index contributed by atoms with van der Waals surface area (Å²) in [5.74, 6) is 0.828. The first-order valence-corrected chi connectivity index (χ1v) is 7.95. The number of methoxy groups -OCH3 is 1. The zero-order valence-electron chi connectivity index (χ0n) is 11.5. The molecule has 1 atom stereocenters. The maximum atomic E-state index is 6.15. The van der Waals surface area contributed by atoms with Crippen molar-refractivity contribution in [2.24, 2.45) is 0 Å². The molecule has 0 heterocycles. The van der Waals surface area contributed by atoms with E-state index in [1.54, 1.807) is 7.11 Å². The van der Waals surface area contributed by atoms with Crippen LogP contribution in [0.5, 0.6) is 5.75 Å². The van der Waals surface area contributed by atoms with E-state index >= 15 is 0 Å². The molecular formula is C18H14BrClO. The number of benzene rings is 3. The Morgan fingerprint density at radius 2 is 1.71 bits per heavy atom. The van der Waals surface area contributed by atoms with Gasteiger partial charge in [0.2, 0.25) is 0 Å². The molecule has 0 saturated carbocycles. The Labute approximate surface area is 137 Å². The summed E-state index contributed by atoms with van der Waals surface area (Å²) in [5.41, 5.74) is 2.23. The number of hydrogen-bond donors (Lipinski definition) is 0. The fourth-order valence-electron chi connectivity index (χ4n) is 2.54. The first-order valence-electron chi connectivity index (χ1n) is 6.66. The molecule has 3 aromatic rings. The van der Waals surface area contributed by atoms with Crippen LogP contribution >= 0.6 is 27.5 Å². The van der Waals surface area contributed by atoms with Gasteiger partial charge in [-0.05, 0) is 34.5 Å². The van der Waals surface area contributed by atoms with Gasteiger partial charge in [-0.15, -0.1) is 0 Å². The molecule has 1 nitrogen and oxygen atoms in total. The minimum absolute atomic E-state index is 0.0252. The highest BCUT2D eigenvalue weighted by atomic mass is 79.9. The normalized spacial score (nSPS) is 12.3. The average molecular weight is 362 g/mol. The van der Waals surface area contributed by atoms with E-state index in [1.165, 1.54) is 16.3 Å². The Hall–Kier alpha value is -1.51. The van der Waals surface area contributed by atoms with Crippen molar-refractivity contribution in [2.75, 3.05) is 7.11 Å². The zero-order valence-corrected chi connectivity index (χ0v) is 13.9. The fraction of sp³-hybridized carbons (Fsp3) is 0.111. The predicted molar refractivity (Wildman–Crippen MR) is 92.7 cm³/mol. The third kappa shape index (κ3) is 2.78. The Morgan fingerprint density at radius 3 is 2.52 bits per heavy atom. The minimum atomic E-state index is 0.0252. The molecular weight excluding hydrogens is 348 g/mol. The summed E-state index contributed by atoms with van der Waals surface area (Å²) in [5, 5.41) is 3.15. The second kappa shape index (κ2) is 6.08. The zero-order chi connectivity index (χ0) is 14.8. The van der Waals surface area contributed by atoms with Crippen LogP contribution in [0.4, 0.5) is 0 Å². The Bertz CT molecular complexity index is 780. The number of halogens is 2. The smallest absolute Gasteiger partial charge is 0.123 e. The summed E-state index contributed by atoms with van der Waals surface area (Å²) in [6, 6.07) is 20.4. The Balaban J connectivity index is 2.17. The van der Waals surface area contributed by atoms with Crippen molar-refractivity contribution in [1.29, 1.82) is 0 Å². The maximum Gasteiger partial charge on any atom is 0.123 e. The Morgan fingerprint density at radius 1 is 0.952 bits per heavy atom. The van der Waals surface area contributed by atoms with Crippen LogP contribution in [0.15, 0.2) is 60.7 Å². The van der Waals surface area contributed by atoms with Gasteiger partial charge < -0.3 is 4.74 Å². The van der Waals surface area contributed by atoms with Crippen LogP contribution in [-0.4, -0.2) is 7.11 Å². The van der Waals surface area contributed by atoms with E-state index in [0.29, 0.717) is 5.02 Å². The van der Waals surface area contributed by atoms with Crippen molar-refractivity contribution in [3.8, 4) is 5.75 Å². The van der Waals surface area contributed by atoms with Crippen molar-refractivity contribution in [2.45, 2.75) is 4.83 Å². The lowest BCUT2D eigenvalue weighted by atomic mass is 9.98.